The Kier molecular flexibility index (Phi) is 6.78. The number of amides is 3. The number of nitrogens with zero attached hydrogens (tertiary/aromatic N) is 2. The van der Waals surface area contributed by atoms with Crippen LogP contribution in [0.1, 0.15) is 22.3 Å². The third-order valence-electron chi connectivity index (χ3n) is 4.77. The van der Waals surface area contributed by atoms with Crippen molar-refractivity contribution < 1.29 is 28.8 Å². The summed E-state index contributed by atoms with van der Waals surface area (Å²) in [6.45, 7) is 0.865. The summed E-state index contributed by atoms with van der Waals surface area (Å²) in [4.78, 5) is 59.0. The minimum absolute atomic E-state index is 0.0813. The normalized spacial score (nSPS) is 15.2. The summed E-state index contributed by atoms with van der Waals surface area (Å²) in [6, 6.07) is 12.5. The van der Waals surface area contributed by atoms with E-state index in [0.717, 1.165) is 5.01 Å². The van der Waals surface area contributed by atoms with Crippen molar-refractivity contribution in [2.45, 2.75) is 13.3 Å². The summed E-state index contributed by atoms with van der Waals surface area (Å²) in [5.41, 5.74) is 3.29. The highest BCUT2D eigenvalue weighted by Gasteiger charge is 2.36. The molecule has 0 unspecified atom stereocenters. The molecule has 1 aliphatic rings. The molecule has 1 atom stereocenters. The Bertz CT molecular complexity index is 1070. The lowest BCUT2D eigenvalue weighted by molar-refractivity contribution is -0.385. The van der Waals surface area contributed by atoms with Crippen LogP contribution in [0.25, 0.3) is 0 Å². The van der Waals surface area contributed by atoms with Gasteiger partial charge in [0.2, 0.25) is 5.91 Å². The van der Waals surface area contributed by atoms with Gasteiger partial charge in [-0.05, 0) is 25.1 Å². The molecule has 2 aromatic rings. The molecule has 11 heteroatoms. The molecular weight excluding hydrogens is 420 g/mol. The first-order valence-corrected chi connectivity index (χ1v) is 9.62. The number of hydrogen-bond acceptors (Lipinski definition) is 7. The van der Waals surface area contributed by atoms with Crippen LogP contribution in [0.15, 0.2) is 48.5 Å². The van der Waals surface area contributed by atoms with Gasteiger partial charge >= 0.3 is 5.97 Å². The van der Waals surface area contributed by atoms with Gasteiger partial charge in [0.1, 0.15) is 0 Å². The predicted molar refractivity (Wildman–Crippen MR) is 111 cm³/mol. The van der Waals surface area contributed by atoms with Gasteiger partial charge in [0, 0.05) is 29.3 Å². The zero-order valence-corrected chi connectivity index (χ0v) is 17.1. The second-order valence-corrected chi connectivity index (χ2v) is 7.13. The minimum atomic E-state index is -0.841. The number of nitrogens with one attached hydrogen (secondary N) is 2. The Morgan fingerprint density at radius 1 is 1.19 bits per heavy atom. The van der Waals surface area contributed by atoms with Crippen LogP contribution in [0.2, 0.25) is 0 Å². The van der Waals surface area contributed by atoms with Gasteiger partial charge < -0.3 is 10.1 Å². The average Bonchev–Trinajstić information content (AvgIpc) is 3.14. The van der Waals surface area contributed by atoms with Gasteiger partial charge in [0.05, 0.1) is 17.4 Å². The van der Waals surface area contributed by atoms with Gasteiger partial charge in [0.25, 0.3) is 17.5 Å². The Morgan fingerprint density at radius 2 is 1.91 bits per heavy atom. The van der Waals surface area contributed by atoms with Crippen molar-refractivity contribution in [3.8, 4) is 0 Å². The summed E-state index contributed by atoms with van der Waals surface area (Å²) >= 11 is 0. The van der Waals surface area contributed by atoms with Gasteiger partial charge in [-0.3, -0.25) is 39.7 Å². The number of ether oxygens (including phenoxy) is 1. The second-order valence-electron chi connectivity index (χ2n) is 7.13. The third-order valence-corrected chi connectivity index (χ3v) is 4.77. The zero-order valence-electron chi connectivity index (χ0n) is 17.1. The van der Waals surface area contributed by atoms with Gasteiger partial charge in [-0.15, -0.1) is 0 Å². The number of nitro benzene ring substituents is 1. The second kappa shape index (κ2) is 9.69. The lowest BCUT2D eigenvalue weighted by Gasteiger charge is -2.17. The number of hydrazine groups is 1. The van der Waals surface area contributed by atoms with Crippen LogP contribution in [0, 0.1) is 23.0 Å². The van der Waals surface area contributed by atoms with Crippen LogP contribution in [-0.2, 0) is 19.1 Å². The molecule has 166 valence electrons. The summed E-state index contributed by atoms with van der Waals surface area (Å²) in [7, 11) is 0. The summed E-state index contributed by atoms with van der Waals surface area (Å²) in [5, 5.41) is 14.5. The predicted octanol–water partition coefficient (Wildman–Crippen LogP) is 1.58. The maximum absolute atomic E-state index is 12.3. The first kappa shape index (κ1) is 22.4. The molecule has 0 radical (unpaired) electrons. The Balaban J connectivity index is 1.49. The monoisotopic (exact) mass is 440 g/mol. The van der Waals surface area contributed by atoms with Gasteiger partial charge in [-0.2, -0.15) is 0 Å². The SMILES string of the molecule is Cc1ccc(NC(=O)COC(=O)[C@H]2CC(=O)N(NC(=O)c3ccccc3)C2)cc1[N+](=O)[O-]. The first-order valence-electron chi connectivity index (χ1n) is 9.62. The van der Waals surface area contributed by atoms with Gasteiger partial charge in [-0.1, -0.05) is 24.3 Å². The Hall–Kier alpha value is -4.28. The van der Waals surface area contributed by atoms with Crippen LogP contribution < -0.4 is 10.7 Å². The average molecular weight is 440 g/mol. The summed E-state index contributed by atoms with van der Waals surface area (Å²) in [6.07, 6.45) is -0.167. The number of hydrogen-bond donors (Lipinski definition) is 2. The number of rotatable bonds is 7. The lowest BCUT2D eigenvalue weighted by atomic mass is 10.1. The number of anilines is 1. The van der Waals surface area contributed by atoms with Crippen LogP contribution in [0.3, 0.4) is 0 Å². The fraction of sp³-hybridized carbons (Fsp3) is 0.238. The highest BCUT2D eigenvalue weighted by atomic mass is 16.6. The number of carbonyl (C=O) groups excluding carboxylic acids is 4. The molecule has 3 amide bonds. The standard InChI is InChI=1S/C21H20N4O7/c1-13-7-8-16(10-17(13)25(30)31)22-18(26)12-32-21(29)15-9-19(27)24(11-15)23-20(28)14-5-3-2-4-6-14/h2-8,10,15H,9,11-12H2,1H3,(H,22,26)(H,23,28)/t15-/m0/s1. The van der Waals surface area contributed by atoms with Crippen LogP contribution in [0.4, 0.5) is 11.4 Å². The highest BCUT2D eigenvalue weighted by Crippen LogP contribution is 2.22. The Morgan fingerprint density at radius 3 is 2.59 bits per heavy atom. The minimum Gasteiger partial charge on any atom is -0.455 e. The van der Waals surface area contributed by atoms with E-state index in [0.29, 0.717) is 11.1 Å². The maximum Gasteiger partial charge on any atom is 0.311 e. The summed E-state index contributed by atoms with van der Waals surface area (Å²) in [5.74, 6) is -3.23. The molecule has 2 aromatic carbocycles. The van der Waals surface area contributed by atoms with Crippen molar-refractivity contribution in [3.63, 3.8) is 0 Å². The lowest BCUT2D eigenvalue weighted by Crippen LogP contribution is -2.43. The molecule has 0 spiro atoms. The third kappa shape index (κ3) is 5.45. The number of nitro groups is 1. The van der Waals surface area contributed by atoms with E-state index in [1.807, 2.05) is 0 Å². The maximum atomic E-state index is 12.3. The molecule has 32 heavy (non-hydrogen) atoms. The van der Waals surface area contributed by atoms with Crippen LogP contribution in [0.5, 0.6) is 0 Å². The van der Waals surface area contributed by atoms with E-state index in [1.165, 1.54) is 18.2 Å². The topological polar surface area (TPSA) is 148 Å². The number of esters is 1. The molecule has 3 rings (SSSR count). The van der Waals surface area contributed by atoms with Crippen molar-refractivity contribution >= 4 is 35.1 Å². The molecule has 1 aliphatic heterocycles. The molecule has 1 fully saturated rings. The Labute approximate surface area is 182 Å². The van der Waals surface area contributed by atoms with Crippen molar-refractivity contribution in [2.24, 2.45) is 5.92 Å². The summed E-state index contributed by atoms with van der Waals surface area (Å²) < 4.78 is 4.97. The molecular formula is C21H20N4O7. The van der Waals surface area contributed by atoms with Crippen LogP contribution in [-0.4, -0.2) is 46.8 Å². The van der Waals surface area contributed by atoms with Crippen LogP contribution >= 0.6 is 0 Å². The first-order chi connectivity index (χ1) is 15.2. The molecule has 2 N–H and O–H groups in total. The highest BCUT2D eigenvalue weighted by molar-refractivity contribution is 5.97. The van der Waals surface area contributed by atoms with E-state index in [2.05, 4.69) is 10.7 Å². The van der Waals surface area contributed by atoms with Crippen molar-refractivity contribution in [2.75, 3.05) is 18.5 Å². The number of carbonyl (C=O) groups is 4. The van der Waals surface area contributed by atoms with Crippen molar-refractivity contribution in [1.29, 1.82) is 0 Å². The number of aryl methyl sites for hydroxylation is 1. The molecule has 11 nitrogen and oxygen atoms in total. The fourth-order valence-electron chi connectivity index (χ4n) is 3.09. The smallest absolute Gasteiger partial charge is 0.311 e. The quantitative estimate of drug-likeness (QED) is 0.377. The van der Waals surface area contributed by atoms with E-state index >= 15 is 0 Å². The van der Waals surface area contributed by atoms with Gasteiger partial charge in [-0.25, -0.2) is 0 Å². The van der Waals surface area contributed by atoms with E-state index in [9.17, 15) is 29.3 Å². The van der Waals surface area contributed by atoms with E-state index in [1.54, 1.807) is 37.3 Å². The van der Waals surface area contributed by atoms with Gasteiger partial charge in [0.15, 0.2) is 6.61 Å². The molecule has 1 heterocycles. The zero-order chi connectivity index (χ0) is 23.3. The van der Waals surface area contributed by atoms with Crippen molar-refractivity contribution in [3.05, 3.63) is 69.8 Å². The van der Waals surface area contributed by atoms with E-state index in [-0.39, 0.29) is 24.3 Å². The largest absolute Gasteiger partial charge is 0.455 e. The van der Waals surface area contributed by atoms with E-state index in [4.69, 9.17) is 4.74 Å². The molecule has 0 aromatic heterocycles. The molecule has 1 saturated heterocycles. The molecule has 0 aliphatic carbocycles. The fourth-order valence-corrected chi connectivity index (χ4v) is 3.09. The molecule has 0 bridgehead atoms. The van der Waals surface area contributed by atoms with Crippen molar-refractivity contribution in [1.82, 2.24) is 10.4 Å². The molecule has 0 saturated carbocycles. The number of benzene rings is 2. The van der Waals surface area contributed by atoms with E-state index < -0.39 is 41.1 Å².